The fraction of sp³-hybridized carbons (Fsp3) is 0.200. The van der Waals surface area contributed by atoms with Crippen LogP contribution < -0.4 is 19.7 Å². The quantitative estimate of drug-likeness (QED) is 0.595. The second-order valence-corrected chi connectivity index (χ2v) is 6.11. The van der Waals surface area contributed by atoms with Crippen molar-refractivity contribution in [1.82, 2.24) is 5.32 Å². The molecule has 1 aliphatic rings. The largest absolute Gasteiger partial charge is 0.494 e. The summed E-state index contributed by atoms with van der Waals surface area (Å²) in [7, 11) is 0. The van der Waals surface area contributed by atoms with Crippen molar-refractivity contribution >= 4 is 35.3 Å². The highest BCUT2D eigenvalue weighted by Crippen LogP contribution is 2.29. The standard InChI is InChI=1S/C20H19ClN2O4/c1-3-26-16-9-8-13(18(12-16)27-4-2)10-17-19(24)23(20(25)22-17)15-7-5-6-14(21)11-15/h5-12H,3-4H2,1-2H3,(H,22,25)/b17-10+. The Hall–Kier alpha value is -2.99. The smallest absolute Gasteiger partial charge is 0.333 e. The molecule has 0 aliphatic carbocycles. The van der Waals surface area contributed by atoms with E-state index in [-0.39, 0.29) is 5.70 Å². The van der Waals surface area contributed by atoms with Gasteiger partial charge in [-0.25, -0.2) is 9.69 Å². The molecule has 1 aliphatic heterocycles. The van der Waals surface area contributed by atoms with Crippen LogP contribution in [-0.2, 0) is 4.79 Å². The molecule has 3 amide bonds. The van der Waals surface area contributed by atoms with Gasteiger partial charge in [-0.3, -0.25) is 4.79 Å². The van der Waals surface area contributed by atoms with Crippen molar-refractivity contribution in [3.8, 4) is 11.5 Å². The van der Waals surface area contributed by atoms with Gasteiger partial charge in [-0.15, -0.1) is 0 Å². The topological polar surface area (TPSA) is 67.9 Å². The van der Waals surface area contributed by atoms with E-state index in [0.717, 1.165) is 4.90 Å². The lowest BCUT2D eigenvalue weighted by molar-refractivity contribution is -0.113. The fourth-order valence-corrected chi connectivity index (χ4v) is 2.90. The molecule has 27 heavy (non-hydrogen) atoms. The van der Waals surface area contributed by atoms with Gasteiger partial charge in [0.1, 0.15) is 17.2 Å². The first-order valence-corrected chi connectivity index (χ1v) is 8.93. The molecule has 1 fully saturated rings. The number of imide groups is 1. The van der Waals surface area contributed by atoms with E-state index in [1.165, 1.54) is 0 Å². The summed E-state index contributed by atoms with van der Waals surface area (Å²) in [5.41, 5.74) is 1.23. The molecule has 1 heterocycles. The summed E-state index contributed by atoms with van der Waals surface area (Å²) in [6.07, 6.45) is 1.59. The molecule has 2 aromatic carbocycles. The second-order valence-electron chi connectivity index (χ2n) is 5.67. The third-order valence-corrected chi connectivity index (χ3v) is 4.08. The van der Waals surface area contributed by atoms with Crippen molar-refractivity contribution in [2.24, 2.45) is 0 Å². The maximum atomic E-state index is 12.7. The average molecular weight is 387 g/mol. The summed E-state index contributed by atoms with van der Waals surface area (Å²) in [4.78, 5) is 26.1. The minimum Gasteiger partial charge on any atom is -0.494 e. The summed E-state index contributed by atoms with van der Waals surface area (Å²) >= 11 is 5.97. The number of carbonyl (C=O) groups excluding carboxylic acids is 2. The lowest BCUT2D eigenvalue weighted by atomic mass is 10.1. The Morgan fingerprint density at radius 1 is 1.07 bits per heavy atom. The Bertz CT molecular complexity index is 911. The van der Waals surface area contributed by atoms with E-state index in [1.807, 2.05) is 13.8 Å². The van der Waals surface area contributed by atoms with Gasteiger partial charge in [0.05, 0.1) is 18.9 Å². The van der Waals surface area contributed by atoms with Gasteiger partial charge in [0, 0.05) is 16.7 Å². The number of anilines is 1. The first-order chi connectivity index (χ1) is 13.0. The maximum Gasteiger partial charge on any atom is 0.333 e. The molecule has 0 unspecified atom stereocenters. The van der Waals surface area contributed by atoms with E-state index in [4.69, 9.17) is 21.1 Å². The summed E-state index contributed by atoms with van der Waals surface area (Å²) in [5, 5.41) is 3.04. The number of hydrogen-bond donors (Lipinski definition) is 1. The van der Waals surface area contributed by atoms with Crippen molar-refractivity contribution < 1.29 is 19.1 Å². The molecule has 3 rings (SSSR count). The van der Waals surface area contributed by atoms with Crippen LogP contribution in [0.3, 0.4) is 0 Å². The lowest BCUT2D eigenvalue weighted by Gasteiger charge is -2.12. The molecular weight excluding hydrogens is 368 g/mol. The van der Waals surface area contributed by atoms with Gasteiger partial charge in [-0.2, -0.15) is 0 Å². The van der Waals surface area contributed by atoms with Crippen molar-refractivity contribution in [3.05, 3.63) is 58.7 Å². The summed E-state index contributed by atoms with van der Waals surface area (Å²) < 4.78 is 11.1. The van der Waals surface area contributed by atoms with Gasteiger partial charge in [-0.05, 0) is 50.3 Å². The number of amides is 3. The molecular formula is C20H19ClN2O4. The molecule has 2 aromatic rings. The number of carbonyl (C=O) groups is 2. The van der Waals surface area contributed by atoms with E-state index < -0.39 is 11.9 Å². The van der Waals surface area contributed by atoms with Crippen molar-refractivity contribution in [1.29, 1.82) is 0 Å². The van der Waals surface area contributed by atoms with Gasteiger partial charge in [0.2, 0.25) is 0 Å². The normalized spacial score (nSPS) is 15.2. The van der Waals surface area contributed by atoms with E-state index in [9.17, 15) is 9.59 Å². The van der Waals surface area contributed by atoms with Crippen LogP contribution in [-0.4, -0.2) is 25.2 Å². The number of halogens is 1. The van der Waals surface area contributed by atoms with Gasteiger partial charge in [0.15, 0.2) is 0 Å². The van der Waals surface area contributed by atoms with E-state index >= 15 is 0 Å². The predicted octanol–water partition coefficient (Wildman–Crippen LogP) is 4.23. The third-order valence-electron chi connectivity index (χ3n) is 3.84. The number of rotatable bonds is 6. The molecule has 0 saturated carbocycles. The maximum absolute atomic E-state index is 12.7. The number of urea groups is 1. The number of ether oxygens (including phenoxy) is 2. The highest BCUT2D eigenvalue weighted by molar-refractivity contribution is 6.32. The first kappa shape index (κ1) is 18.8. The van der Waals surface area contributed by atoms with Gasteiger partial charge >= 0.3 is 6.03 Å². The van der Waals surface area contributed by atoms with Crippen LogP contribution in [0.5, 0.6) is 11.5 Å². The number of nitrogens with zero attached hydrogens (tertiary/aromatic N) is 1. The Morgan fingerprint density at radius 3 is 2.56 bits per heavy atom. The Kier molecular flexibility index (Phi) is 5.66. The predicted molar refractivity (Wildman–Crippen MR) is 104 cm³/mol. The Morgan fingerprint density at radius 2 is 1.85 bits per heavy atom. The highest BCUT2D eigenvalue weighted by Gasteiger charge is 2.35. The van der Waals surface area contributed by atoms with Crippen LogP contribution in [0.25, 0.3) is 6.08 Å². The van der Waals surface area contributed by atoms with Crippen LogP contribution >= 0.6 is 11.6 Å². The van der Waals surface area contributed by atoms with Crippen LogP contribution in [0.4, 0.5) is 10.5 Å². The molecule has 1 saturated heterocycles. The summed E-state index contributed by atoms with van der Waals surface area (Å²) in [6, 6.07) is 11.4. The fourth-order valence-electron chi connectivity index (χ4n) is 2.71. The zero-order chi connectivity index (χ0) is 19.4. The van der Waals surface area contributed by atoms with Crippen molar-refractivity contribution in [2.45, 2.75) is 13.8 Å². The monoisotopic (exact) mass is 386 g/mol. The lowest BCUT2D eigenvalue weighted by Crippen LogP contribution is -2.30. The van der Waals surface area contributed by atoms with Gasteiger partial charge in [0.25, 0.3) is 5.91 Å². The van der Waals surface area contributed by atoms with Crippen LogP contribution in [0.15, 0.2) is 48.2 Å². The zero-order valence-corrected chi connectivity index (χ0v) is 15.7. The van der Waals surface area contributed by atoms with Gasteiger partial charge < -0.3 is 14.8 Å². The Labute approximate surface area is 162 Å². The SMILES string of the molecule is CCOc1ccc(/C=C2/NC(=O)N(c3cccc(Cl)c3)C2=O)c(OCC)c1. The number of nitrogens with one attached hydrogen (secondary N) is 1. The third kappa shape index (κ3) is 4.06. The molecule has 6 nitrogen and oxygen atoms in total. The first-order valence-electron chi connectivity index (χ1n) is 8.55. The Balaban J connectivity index is 1.93. The molecule has 1 N–H and O–H groups in total. The molecule has 0 spiro atoms. The molecule has 0 bridgehead atoms. The van der Waals surface area contributed by atoms with Crippen LogP contribution in [0, 0.1) is 0 Å². The summed E-state index contributed by atoms with van der Waals surface area (Å²) in [6.45, 7) is 4.76. The van der Waals surface area contributed by atoms with E-state index in [2.05, 4.69) is 5.32 Å². The highest BCUT2D eigenvalue weighted by atomic mass is 35.5. The van der Waals surface area contributed by atoms with Crippen molar-refractivity contribution in [2.75, 3.05) is 18.1 Å². The number of benzene rings is 2. The van der Waals surface area contributed by atoms with Gasteiger partial charge in [-0.1, -0.05) is 17.7 Å². The van der Waals surface area contributed by atoms with E-state index in [0.29, 0.717) is 41.0 Å². The number of hydrogen-bond acceptors (Lipinski definition) is 4. The molecule has 140 valence electrons. The second kappa shape index (κ2) is 8.14. The molecule has 0 radical (unpaired) electrons. The van der Waals surface area contributed by atoms with Crippen LogP contribution in [0.1, 0.15) is 19.4 Å². The zero-order valence-electron chi connectivity index (χ0n) is 15.0. The summed E-state index contributed by atoms with van der Waals surface area (Å²) in [5.74, 6) is 0.781. The molecule has 0 aromatic heterocycles. The van der Waals surface area contributed by atoms with Crippen LogP contribution in [0.2, 0.25) is 5.02 Å². The van der Waals surface area contributed by atoms with E-state index in [1.54, 1.807) is 48.5 Å². The van der Waals surface area contributed by atoms with Crippen molar-refractivity contribution in [3.63, 3.8) is 0 Å². The molecule has 7 heteroatoms. The average Bonchev–Trinajstić information content (AvgIpc) is 2.91. The minimum atomic E-state index is -0.530. The minimum absolute atomic E-state index is 0.157. The molecule has 0 atom stereocenters.